The zero-order valence-electron chi connectivity index (χ0n) is 20.5. The van der Waals surface area contributed by atoms with E-state index in [-0.39, 0.29) is 53.3 Å². The summed E-state index contributed by atoms with van der Waals surface area (Å²) in [5.74, 6) is 0.270. The minimum absolute atomic E-state index is 0.0395. The molecule has 0 bridgehead atoms. The number of carbonyl (C=O) groups excluding carboxylic acids is 1. The molecule has 5 aliphatic rings. The maximum Gasteiger partial charge on any atom is 0.428 e. The first-order valence-corrected chi connectivity index (χ1v) is 13.3. The second-order valence-corrected chi connectivity index (χ2v) is 12.3. The van der Waals surface area contributed by atoms with Gasteiger partial charge in [-0.3, -0.25) is 4.79 Å². The van der Waals surface area contributed by atoms with Crippen LogP contribution in [0.15, 0.2) is 0 Å². The molecule has 1 spiro atoms. The second kappa shape index (κ2) is 8.83. The van der Waals surface area contributed by atoms with Crippen LogP contribution in [0.1, 0.15) is 71.6 Å². The Labute approximate surface area is 203 Å². The minimum Gasteiger partial charge on any atom is -0.450 e. The van der Waals surface area contributed by atoms with E-state index in [2.05, 4.69) is 11.7 Å². The molecule has 35 heavy (non-hydrogen) atoms. The Morgan fingerprint density at radius 3 is 2.57 bits per heavy atom. The van der Waals surface area contributed by atoms with Gasteiger partial charge in [-0.2, -0.15) is 13.2 Å². The second-order valence-electron chi connectivity index (χ2n) is 12.3. The molecule has 0 amide bonds. The number of epoxide rings is 1. The van der Waals surface area contributed by atoms with Crippen LogP contribution in [0.25, 0.3) is 0 Å². The fraction of sp³-hybridized carbons (Fsp3) is 0.962. The fourth-order valence-corrected chi connectivity index (χ4v) is 8.97. The molecule has 0 aromatic carbocycles. The summed E-state index contributed by atoms with van der Waals surface area (Å²) in [6.45, 7) is 2.57. The molecule has 4 aliphatic carbocycles. The van der Waals surface area contributed by atoms with Crippen LogP contribution in [0.3, 0.4) is 0 Å². The summed E-state index contributed by atoms with van der Waals surface area (Å²) in [4.78, 5) is 12.0. The lowest BCUT2D eigenvalue weighted by Crippen LogP contribution is -2.59. The Morgan fingerprint density at radius 2 is 1.89 bits per heavy atom. The number of aliphatic hydroxyl groups excluding tert-OH is 2. The molecule has 5 nitrogen and oxygen atoms in total. The van der Waals surface area contributed by atoms with Gasteiger partial charge < -0.3 is 19.7 Å². The third-order valence-corrected chi connectivity index (χ3v) is 10.7. The minimum atomic E-state index is -4.91. The van der Waals surface area contributed by atoms with Gasteiger partial charge in [-0.15, -0.1) is 0 Å². The molecule has 0 radical (unpaired) electrons. The van der Waals surface area contributed by atoms with Crippen molar-refractivity contribution in [2.24, 2.45) is 40.9 Å². The van der Waals surface area contributed by atoms with Gasteiger partial charge in [0, 0.05) is 6.42 Å². The third-order valence-electron chi connectivity index (χ3n) is 10.7. The van der Waals surface area contributed by atoms with E-state index in [1.54, 1.807) is 0 Å². The average Bonchev–Trinajstić information content (AvgIpc) is 3.39. The van der Waals surface area contributed by atoms with Gasteiger partial charge in [0.2, 0.25) is 6.10 Å². The summed E-state index contributed by atoms with van der Waals surface area (Å²) in [6.07, 6.45) is -2.03. The standard InChI is InChI=1S/C26H38F4O5/c1-13(3-6-22(33)34-21(12-27)26(28,29)30)16-4-5-17-23-18(11-20-25(16,17)35-20)24(2)8-7-15(31)9-14(24)10-19(23)32/h13-21,23,31-32H,3-12H2,1-2H3/t13-,14?,15?,16?,17+,18+,19?,20-,21?,23-,24?,25?/m1/s1. The molecule has 0 aromatic rings. The van der Waals surface area contributed by atoms with E-state index in [4.69, 9.17) is 4.74 Å². The Balaban J connectivity index is 1.25. The SMILES string of the molecule is C[C@H](CCC(=O)OC(CF)C(F)(F)F)C1CC[C@H]2[C@H]3C(O)CC4CC(O)CCC4(C)[C@H]3C[C@H]3OC132. The van der Waals surface area contributed by atoms with Gasteiger partial charge in [-0.05, 0) is 92.3 Å². The first-order chi connectivity index (χ1) is 16.4. The number of fused-ring (bicyclic) bond motifs is 4. The van der Waals surface area contributed by atoms with Gasteiger partial charge >= 0.3 is 12.1 Å². The lowest BCUT2D eigenvalue weighted by molar-refractivity contribution is -0.224. The predicted molar refractivity (Wildman–Crippen MR) is 118 cm³/mol. The van der Waals surface area contributed by atoms with Gasteiger partial charge in [0.25, 0.3) is 0 Å². The van der Waals surface area contributed by atoms with Crippen molar-refractivity contribution < 1.29 is 42.0 Å². The molecule has 4 saturated carbocycles. The summed E-state index contributed by atoms with van der Waals surface area (Å²) in [7, 11) is 0. The van der Waals surface area contributed by atoms with Gasteiger partial charge in [-0.1, -0.05) is 13.8 Å². The summed E-state index contributed by atoms with van der Waals surface area (Å²) in [5.41, 5.74) is -0.212. The van der Waals surface area contributed by atoms with E-state index in [1.165, 1.54) is 0 Å². The summed E-state index contributed by atoms with van der Waals surface area (Å²) >= 11 is 0. The fourth-order valence-electron chi connectivity index (χ4n) is 8.97. The van der Waals surface area contributed by atoms with Crippen LogP contribution in [0.5, 0.6) is 0 Å². The normalized spacial score (nSPS) is 48.1. The van der Waals surface area contributed by atoms with Gasteiger partial charge in [0.15, 0.2) is 0 Å². The van der Waals surface area contributed by atoms with Crippen LogP contribution in [0, 0.1) is 40.9 Å². The number of hydrogen-bond donors (Lipinski definition) is 2. The smallest absolute Gasteiger partial charge is 0.428 e. The quantitative estimate of drug-likeness (QED) is 0.313. The van der Waals surface area contributed by atoms with Gasteiger partial charge in [0.05, 0.1) is 18.3 Å². The molecule has 5 rings (SSSR count). The van der Waals surface area contributed by atoms with Crippen LogP contribution >= 0.6 is 0 Å². The van der Waals surface area contributed by atoms with Gasteiger partial charge in [0.1, 0.15) is 12.3 Å². The average molecular weight is 507 g/mol. The Hall–Kier alpha value is -0.930. The highest BCUT2D eigenvalue weighted by molar-refractivity contribution is 5.69. The van der Waals surface area contributed by atoms with E-state index in [1.807, 2.05) is 6.92 Å². The zero-order chi connectivity index (χ0) is 25.3. The van der Waals surface area contributed by atoms with Crippen LogP contribution < -0.4 is 0 Å². The maximum atomic E-state index is 12.7. The molecular weight excluding hydrogens is 468 g/mol. The van der Waals surface area contributed by atoms with E-state index in [0.29, 0.717) is 24.7 Å². The van der Waals surface area contributed by atoms with Crippen molar-refractivity contribution in [1.82, 2.24) is 0 Å². The maximum absolute atomic E-state index is 12.7. The number of esters is 1. The van der Waals surface area contributed by atoms with Crippen LogP contribution in [-0.4, -0.2) is 59.1 Å². The van der Waals surface area contributed by atoms with E-state index < -0.39 is 31.0 Å². The molecule has 9 heteroatoms. The van der Waals surface area contributed by atoms with Crippen LogP contribution in [-0.2, 0) is 14.3 Å². The highest BCUT2D eigenvalue weighted by atomic mass is 19.4. The lowest BCUT2D eigenvalue weighted by Gasteiger charge is -2.59. The first-order valence-electron chi connectivity index (χ1n) is 13.3. The highest BCUT2D eigenvalue weighted by Gasteiger charge is 2.76. The summed E-state index contributed by atoms with van der Waals surface area (Å²) < 4.78 is 61.6. The zero-order valence-corrected chi connectivity index (χ0v) is 20.5. The Kier molecular flexibility index (Phi) is 6.48. The highest BCUT2D eigenvalue weighted by Crippen LogP contribution is 2.72. The molecule has 0 aromatic heterocycles. The predicted octanol–water partition coefficient (Wildman–Crippen LogP) is 4.58. The van der Waals surface area contributed by atoms with Crippen molar-refractivity contribution in [2.45, 2.75) is 108 Å². The van der Waals surface area contributed by atoms with E-state index in [0.717, 1.165) is 38.5 Å². The summed E-state index contributed by atoms with van der Waals surface area (Å²) in [6, 6.07) is 0. The molecule has 12 atom stereocenters. The van der Waals surface area contributed by atoms with E-state index >= 15 is 0 Å². The number of alkyl halides is 4. The third kappa shape index (κ3) is 4.12. The molecule has 7 unspecified atom stereocenters. The topological polar surface area (TPSA) is 79.3 Å². The number of hydrogen-bond acceptors (Lipinski definition) is 5. The summed E-state index contributed by atoms with van der Waals surface area (Å²) in [5, 5.41) is 21.5. The molecule has 5 fully saturated rings. The number of carbonyl (C=O) groups is 1. The van der Waals surface area contributed by atoms with Crippen molar-refractivity contribution in [3.63, 3.8) is 0 Å². The van der Waals surface area contributed by atoms with Crippen LogP contribution in [0.2, 0.25) is 0 Å². The molecule has 200 valence electrons. The lowest BCUT2D eigenvalue weighted by atomic mass is 9.46. The van der Waals surface area contributed by atoms with E-state index in [9.17, 15) is 32.6 Å². The molecule has 1 heterocycles. The van der Waals surface area contributed by atoms with Gasteiger partial charge in [-0.25, -0.2) is 4.39 Å². The monoisotopic (exact) mass is 506 g/mol. The molecule has 1 saturated heterocycles. The van der Waals surface area contributed by atoms with Crippen LogP contribution in [0.4, 0.5) is 17.6 Å². The molecule has 2 N–H and O–H groups in total. The first kappa shape index (κ1) is 25.7. The number of ether oxygens (including phenoxy) is 2. The van der Waals surface area contributed by atoms with Crippen molar-refractivity contribution >= 4 is 5.97 Å². The molecule has 1 aliphatic heterocycles. The molecular formula is C26H38F4O5. The van der Waals surface area contributed by atoms with Crippen molar-refractivity contribution in [3.05, 3.63) is 0 Å². The number of aliphatic hydroxyl groups is 2. The van der Waals surface area contributed by atoms with Crippen molar-refractivity contribution in [1.29, 1.82) is 0 Å². The Morgan fingerprint density at radius 1 is 1.14 bits per heavy atom. The van der Waals surface area contributed by atoms with Crippen molar-refractivity contribution in [3.8, 4) is 0 Å². The number of halogens is 4. The number of rotatable bonds is 6. The van der Waals surface area contributed by atoms with Crippen molar-refractivity contribution in [2.75, 3.05) is 6.67 Å². The largest absolute Gasteiger partial charge is 0.450 e. The Bertz CT molecular complexity index is 822.